The Bertz CT molecular complexity index is 2410. The molecule has 1 amide bonds. The molecule has 2 heterocycles. The maximum absolute atomic E-state index is 14.0. The molecule has 3 aromatic rings. The van der Waals surface area contributed by atoms with Crippen LogP contribution in [0.15, 0.2) is 36.4 Å². The number of Topliss-reactive ketones (excluding diaryl/α,β-unsaturated/α-hetero) is 1. The molecule has 22 nitrogen and oxygen atoms in total. The topological polar surface area (TPSA) is 338 Å². The molecular weight excluding hydrogens is 864 g/mol. The average molecular weight is 913 g/mol. The van der Waals surface area contributed by atoms with Gasteiger partial charge in [-0.25, -0.2) is 9.59 Å². The van der Waals surface area contributed by atoms with E-state index in [2.05, 4.69) is 5.32 Å². The molecule has 350 valence electrons. The molecule has 22 heteroatoms. The van der Waals surface area contributed by atoms with Crippen molar-refractivity contribution in [2.45, 2.75) is 99.7 Å². The predicted molar refractivity (Wildman–Crippen MR) is 217 cm³/mol. The zero-order valence-electron chi connectivity index (χ0n) is 35.2. The first-order chi connectivity index (χ1) is 30.7. The Morgan fingerprint density at radius 1 is 0.908 bits per heavy atom. The summed E-state index contributed by atoms with van der Waals surface area (Å²) >= 11 is 0. The summed E-state index contributed by atoms with van der Waals surface area (Å²) in [4.78, 5) is 67.2. The van der Waals surface area contributed by atoms with Gasteiger partial charge in [-0.2, -0.15) is 0 Å². The van der Waals surface area contributed by atoms with Crippen molar-refractivity contribution in [3.05, 3.63) is 75.3 Å². The highest BCUT2D eigenvalue weighted by Crippen LogP contribution is 2.52. The van der Waals surface area contributed by atoms with Gasteiger partial charge in [0.05, 0.1) is 47.7 Å². The van der Waals surface area contributed by atoms with Crippen molar-refractivity contribution in [1.29, 1.82) is 0 Å². The zero-order chi connectivity index (χ0) is 47.4. The number of aromatic hydroxyl groups is 2. The first kappa shape index (κ1) is 47.0. The number of phenols is 2. The van der Waals surface area contributed by atoms with Crippen LogP contribution in [0.5, 0.6) is 23.0 Å². The average Bonchev–Trinajstić information content (AvgIpc) is 3.27. The lowest BCUT2D eigenvalue weighted by atomic mass is 9.72. The Labute approximate surface area is 369 Å². The molecule has 2 aliphatic carbocycles. The fraction of sp³-hybridized carbons (Fsp3) is 0.465. The van der Waals surface area contributed by atoms with Crippen LogP contribution >= 0.6 is 0 Å². The number of amides is 1. The minimum atomic E-state index is -2.41. The number of phenolic OH excluding ortho intramolecular Hbond substituents is 2. The number of hydrogen-bond donors (Lipinski definition) is 10. The Balaban J connectivity index is 1.09. The molecule has 0 unspecified atom stereocenters. The number of ketones is 3. The highest BCUT2D eigenvalue weighted by molar-refractivity contribution is 6.31. The smallest absolute Gasteiger partial charge is 0.407 e. The number of fused-ring (bicyclic) bond motifs is 3. The minimum absolute atomic E-state index is 0.0236. The van der Waals surface area contributed by atoms with E-state index in [9.17, 15) is 69.9 Å². The first-order valence-corrected chi connectivity index (χ1v) is 20.3. The van der Waals surface area contributed by atoms with Gasteiger partial charge in [0, 0.05) is 50.0 Å². The fourth-order valence-corrected chi connectivity index (χ4v) is 8.58. The number of carboxylic acids is 1. The fourth-order valence-electron chi connectivity index (χ4n) is 8.58. The van der Waals surface area contributed by atoms with Crippen LogP contribution in [0.25, 0.3) is 0 Å². The van der Waals surface area contributed by atoms with E-state index >= 15 is 0 Å². The standard InChI is InChI=1S/C43H48N2O20/c1-16-31(48)20(44-42(58)61-15-17-8-9-22(21(10-17)45(2)3)64-41-38(55)36(53)37(54)39(65-41)40(56)57)11-26(62-16)63-24-13-43(59,25(47)14-46)12-19-28(24)35(52)30-29(33(19)50)32(49)18-6-5-7-23(60-4)27(18)34(30)51/h5-10,16,20,24,26,31,36-39,41,46,48,50,52-55,59H,11-15H2,1-4H3,(H,44,58)(H,56,57)/t16-,20-,24-,26-,31+,36-,37-,38+,39-,41+,43-/m0/s1. The number of anilines is 1. The molecule has 0 saturated carbocycles. The van der Waals surface area contributed by atoms with Crippen LogP contribution < -0.4 is 19.7 Å². The second kappa shape index (κ2) is 18.1. The molecule has 2 fully saturated rings. The highest BCUT2D eigenvalue weighted by Gasteiger charge is 2.51. The van der Waals surface area contributed by atoms with Gasteiger partial charge in [0.15, 0.2) is 24.0 Å². The van der Waals surface area contributed by atoms with Gasteiger partial charge < -0.3 is 84.6 Å². The predicted octanol–water partition coefficient (Wildman–Crippen LogP) is -0.694. The summed E-state index contributed by atoms with van der Waals surface area (Å²) in [5.74, 6) is -5.87. The number of ether oxygens (including phenoxy) is 6. The molecule has 4 aliphatic rings. The van der Waals surface area contributed by atoms with E-state index in [1.807, 2.05) is 0 Å². The summed E-state index contributed by atoms with van der Waals surface area (Å²) < 4.78 is 33.8. The van der Waals surface area contributed by atoms with Crippen molar-refractivity contribution in [3.63, 3.8) is 0 Å². The number of hydrogen-bond acceptors (Lipinski definition) is 20. The van der Waals surface area contributed by atoms with Crippen molar-refractivity contribution < 1.29 is 98.4 Å². The number of nitrogens with one attached hydrogen (secondary N) is 1. The van der Waals surface area contributed by atoms with Crippen molar-refractivity contribution in [2.24, 2.45) is 0 Å². The lowest BCUT2D eigenvalue weighted by molar-refractivity contribution is -0.271. The normalized spacial score (nSPS) is 29.4. The van der Waals surface area contributed by atoms with Gasteiger partial charge in [-0.15, -0.1) is 0 Å². The maximum Gasteiger partial charge on any atom is 0.407 e. The number of carbonyl (C=O) groups excluding carboxylic acids is 4. The molecule has 0 radical (unpaired) electrons. The first-order valence-electron chi connectivity index (χ1n) is 20.3. The summed E-state index contributed by atoms with van der Waals surface area (Å²) in [6.07, 6.45) is -17.1. The van der Waals surface area contributed by atoms with Crippen LogP contribution in [0.4, 0.5) is 10.5 Å². The number of aliphatic hydroxyl groups excluding tert-OH is 5. The van der Waals surface area contributed by atoms with E-state index in [0.717, 1.165) is 0 Å². The van der Waals surface area contributed by atoms with Gasteiger partial charge in [0.1, 0.15) is 66.2 Å². The molecule has 65 heavy (non-hydrogen) atoms. The molecule has 0 bridgehead atoms. The number of carbonyl (C=O) groups is 5. The molecular formula is C43H48N2O20. The number of rotatable bonds is 12. The van der Waals surface area contributed by atoms with Gasteiger partial charge in [0.2, 0.25) is 12.1 Å². The summed E-state index contributed by atoms with van der Waals surface area (Å²) in [5.41, 5.74) is -3.65. The monoisotopic (exact) mass is 912 g/mol. The number of methoxy groups -OCH3 is 1. The lowest BCUT2D eigenvalue weighted by Crippen LogP contribution is -2.61. The largest absolute Gasteiger partial charge is 0.507 e. The van der Waals surface area contributed by atoms with Crippen LogP contribution in [0.3, 0.4) is 0 Å². The van der Waals surface area contributed by atoms with Gasteiger partial charge in [-0.1, -0.05) is 18.2 Å². The number of alkyl carbamates (subject to hydrolysis) is 1. The molecule has 2 aliphatic heterocycles. The SMILES string of the molecule is COc1cccc2c1C(=O)c1c(O)c3c(c(O)c1C2=O)C[C@@](O)(C(=O)CO)C[C@@H]3O[C@H]1C[C@H](NC(=O)OCc2ccc(O[C@@H]3O[C@H](C(=O)O)[C@@H](O)[C@H](O)[C@H]3O)c(N(C)C)c2)[C@H](O)[C@H](C)O1. The van der Waals surface area contributed by atoms with Crippen molar-refractivity contribution in [1.82, 2.24) is 5.32 Å². The number of aliphatic carboxylic acids is 1. The third-order valence-corrected chi connectivity index (χ3v) is 12.0. The van der Waals surface area contributed by atoms with Crippen molar-refractivity contribution >= 4 is 35.1 Å². The number of benzene rings is 3. The Kier molecular flexibility index (Phi) is 13.1. The van der Waals surface area contributed by atoms with E-state index in [4.69, 9.17) is 28.4 Å². The maximum atomic E-state index is 14.0. The molecule has 10 N–H and O–H groups in total. The van der Waals surface area contributed by atoms with E-state index in [1.165, 1.54) is 44.4 Å². The second-order valence-corrected chi connectivity index (χ2v) is 16.4. The van der Waals surface area contributed by atoms with Crippen LogP contribution in [-0.4, -0.2) is 164 Å². The van der Waals surface area contributed by atoms with Crippen LogP contribution in [0.1, 0.15) is 74.4 Å². The van der Waals surface area contributed by atoms with Crippen LogP contribution in [0, 0.1) is 0 Å². The van der Waals surface area contributed by atoms with E-state index < -0.39 is 138 Å². The molecule has 0 spiro atoms. The number of nitrogens with zero attached hydrogens (tertiary/aromatic N) is 1. The van der Waals surface area contributed by atoms with Crippen molar-refractivity contribution in [3.8, 4) is 23.0 Å². The number of aliphatic hydroxyl groups is 6. The van der Waals surface area contributed by atoms with E-state index in [1.54, 1.807) is 25.1 Å². The summed E-state index contributed by atoms with van der Waals surface area (Å²) in [6, 6.07) is 7.55. The Morgan fingerprint density at radius 3 is 2.28 bits per heavy atom. The van der Waals surface area contributed by atoms with Gasteiger partial charge >= 0.3 is 12.1 Å². The Morgan fingerprint density at radius 2 is 1.62 bits per heavy atom. The molecule has 0 aromatic heterocycles. The lowest BCUT2D eigenvalue weighted by Gasteiger charge is -2.42. The third kappa shape index (κ3) is 8.55. The molecule has 3 aromatic carbocycles. The molecule has 11 atom stereocenters. The molecule has 7 rings (SSSR count). The highest BCUT2D eigenvalue weighted by atomic mass is 16.7. The van der Waals surface area contributed by atoms with Gasteiger partial charge in [-0.3, -0.25) is 14.4 Å². The Hall–Kier alpha value is -5.95. The van der Waals surface area contributed by atoms with Gasteiger partial charge in [-0.05, 0) is 30.7 Å². The van der Waals surface area contributed by atoms with Crippen LogP contribution in [0.2, 0.25) is 0 Å². The summed E-state index contributed by atoms with van der Waals surface area (Å²) in [6.45, 7) is -0.00107. The van der Waals surface area contributed by atoms with E-state index in [0.29, 0.717) is 11.3 Å². The third-order valence-electron chi connectivity index (χ3n) is 12.0. The second-order valence-electron chi connectivity index (χ2n) is 16.4. The van der Waals surface area contributed by atoms with Gasteiger partial charge in [0.25, 0.3) is 0 Å². The molecule has 2 saturated heterocycles. The van der Waals surface area contributed by atoms with E-state index in [-0.39, 0.29) is 46.8 Å². The minimum Gasteiger partial charge on any atom is -0.507 e. The van der Waals surface area contributed by atoms with Crippen molar-refractivity contribution in [2.75, 3.05) is 32.7 Å². The van der Waals surface area contributed by atoms with Crippen LogP contribution in [-0.2, 0) is 41.6 Å². The quantitative estimate of drug-likeness (QED) is 0.0786. The summed E-state index contributed by atoms with van der Waals surface area (Å²) in [5, 5.41) is 98.5. The number of carboxylic acid groups (broad SMARTS) is 1. The summed E-state index contributed by atoms with van der Waals surface area (Å²) in [7, 11) is 4.55. The zero-order valence-corrected chi connectivity index (χ0v) is 35.2.